The van der Waals surface area contributed by atoms with Gasteiger partial charge in [-0.1, -0.05) is 17.3 Å². The molecule has 1 N–H and O–H groups in total. The number of para-hydroxylation sites is 1. The smallest absolute Gasteiger partial charge is 0.257 e. The second kappa shape index (κ2) is 7.63. The molecule has 28 heavy (non-hydrogen) atoms. The standard InChI is InChI=1S/C19H19FN6O2/c1-13-10-17(24-28-13)23-19-21-11-14(12-22-19)18(27)26-8-6-25(7-9-26)16-5-3-2-4-15(16)20/h2-5,10-12H,6-9H2,1H3,(H,21,22,23,24). The van der Waals surface area contributed by atoms with Crippen LogP contribution in [0.1, 0.15) is 16.1 Å². The first kappa shape index (κ1) is 17.9. The van der Waals surface area contributed by atoms with E-state index in [0.29, 0.717) is 55.0 Å². The first-order valence-electron chi connectivity index (χ1n) is 8.91. The number of carbonyl (C=O) groups is 1. The minimum atomic E-state index is -0.249. The van der Waals surface area contributed by atoms with E-state index < -0.39 is 0 Å². The first-order valence-corrected chi connectivity index (χ1v) is 8.91. The highest BCUT2D eigenvalue weighted by Gasteiger charge is 2.24. The van der Waals surface area contributed by atoms with Gasteiger partial charge in [0.25, 0.3) is 5.91 Å². The van der Waals surface area contributed by atoms with E-state index in [2.05, 4.69) is 20.4 Å². The zero-order chi connectivity index (χ0) is 19.5. The molecule has 3 heterocycles. The summed E-state index contributed by atoms with van der Waals surface area (Å²) in [4.78, 5) is 24.7. The number of aromatic nitrogens is 3. The molecule has 1 saturated heterocycles. The summed E-state index contributed by atoms with van der Waals surface area (Å²) in [5, 5.41) is 6.71. The lowest BCUT2D eigenvalue weighted by molar-refractivity contribution is 0.0746. The SMILES string of the molecule is Cc1cc(Nc2ncc(C(=O)N3CCN(c4ccccc4F)CC3)cn2)no1. The second-order valence-electron chi connectivity index (χ2n) is 6.47. The van der Waals surface area contributed by atoms with Crippen LogP contribution in [-0.2, 0) is 0 Å². The number of benzene rings is 1. The summed E-state index contributed by atoms with van der Waals surface area (Å²) in [6.45, 7) is 3.93. The van der Waals surface area contributed by atoms with Gasteiger partial charge in [-0.15, -0.1) is 0 Å². The number of nitrogens with one attached hydrogen (secondary N) is 1. The van der Waals surface area contributed by atoms with Crippen LogP contribution >= 0.6 is 0 Å². The number of halogens is 1. The Morgan fingerprint density at radius 1 is 1.14 bits per heavy atom. The lowest BCUT2D eigenvalue weighted by atomic mass is 10.2. The molecule has 144 valence electrons. The Morgan fingerprint density at radius 2 is 1.86 bits per heavy atom. The van der Waals surface area contributed by atoms with E-state index in [1.54, 1.807) is 30.0 Å². The van der Waals surface area contributed by atoms with Crippen LogP contribution in [-0.4, -0.2) is 52.1 Å². The molecule has 0 saturated carbocycles. The van der Waals surface area contributed by atoms with E-state index >= 15 is 0 Å². The fourth-order valence-corrected chi connectivity index (χ4v) is 3.08. The second-order valence-corrected chi connectivity index (χ2v) is 6.47. The van der Waals surface area contributed by atoms with E-state index in [1.807, 2.05) is 11.0 Å². The minimum absolute atomic E-state index is 0.142. The number of amides is 1. The van der Waals surface area contributed by atoms with Gasteiger partial charge in [0.2, 0.25) is 5.95 Å². The quantitative estimate of drug-likeness (QED) is 0.742. The van der Waals surface area contributed by atoms with E-state index in [0.717, 1.165) is 0 Å². The molecule has 1 aliphatic heterocycles. The Bertz CT molecular complexity index is 967. The fraction of sp³-hybridized carbons (Fsp3) is 0.263. The van der Waals surface area contributed by atoms with Crippen molar-refractivity contribution in [3.63, 3.8) is 0 Å². The van der Waals surface area contributed by atoms with Crippen LogP contribution in [0.4, 0.5) is 21.8 Å². The lowest BCUT2D eigenvalue weighted by Gasteiger charge is -2.36. The molecule has 3 aromatic rings. The molecule has 8 nitrogen and oxygen atoms in total. The largest absolute Gasteiger partial charge is 0.366 e. The van der Waals surface area contributed by atoms with Crippen molar-refractivity contribution in [1.82, 2.24) is 20.0 Å². The molecule has 0 radical (unpaired) electrons. The fourth-order valence-electron chi connectivity index (χ4n) is 3.08. The van der Waals surface area contributed by atoms with Crippen molar-refractivity contribution in [2.75, 3.05) is 36.4 Å². The van der Waals surface area contributed by atoms with Gasteiger partial charge in [-0.2, -0.15) is 0 Å². The Kier molecular flexibility index (Phi) is 4.88. The molecule has 2 aromatic heterocycles. The predicted molar refractivity (Wildman–Crippen MR) is 101 cm³/mol. The van der Waals surface area contributed by atoms with Crippen molar-refractivity contribution in [1.29, 1.82) is 0 Å². The number of carbonyl (C=O) groups excluding carboxylic acids is 1. The average molecular weight is 382 g/mol. The molecule has 9 heteroatoms. The number of hydrogen-bond donors (Lipinski definition) is 1. The van der Waals surface area contributed by atoms with Gasteiger partial charge in [0, 0.05) is 44.6 Å². The van der Waals surface area contributed by atoms with E-state index in [-0.39, 0.29) is 11.7 Å². The molecule has 0 unspecified atom stereocenters. The van der Waals surface area contributed by atoms with Gasteiger partial charge in [0.15, 0.2) is 5.82 Å². The van der Waals surface area contributed by atoms with Gasteiger partial charge in [-0.3, -0.25) is 4.79 Å². The van der Waals surface area contributed by atoms with E-state index in [1.165, 1.54) is 18.5 Å². The summed E-state index contributed by atoms with van der Waals surface area (Å²) in [6, 6.07) is 8.39. The van der Waals surface area contributed by atoms with E-state index in [4.69, 9.17) is 4.52 Å². The van der Waals surface area contributed by atoms with Gasteiger partial charge in [0.05, 0.1) is 11.3 Å². The lowest BCUT2D eigenvalue weighted by Crippen LogP contribution is -2.49. The van der Waals surface area contributed by atoms with Crippen LogP contribution in [0.3, 0.4) is 0 Å². The van der Waals surface area contributed by atoms with E-state index in [9.17, 15) is 9.18 Å². The maximum atomic E-state index is 13.9. The van der Waals surface area contributed by atoms with Crippen LogP contribution in [0.15, 0.2) is 47.2 Å². The third kappa shape index (κ3) is 3.78. The maximum absolute atomic E-state index is 13.9. The molecule has 0 aliphatic carbocycles. The Hall–Kier alpha value is -3.49. The van der Waals surface area contributed by atoms with Crippen LogP contribution < -0.4 is 10.2 Å². The van der Waals surface area contributed by atoms with Crippen LogP contribution in [0.25, 0.3) is 0 Å². The Labute approximate surface area is 161 Å². The van der Waals surface area contributed by atoms with Gasteiger partial charge in [0.1, 0.15) is 11.6 Å². The molecule has 1 aliphatic rings. The molecule has 4 rings (SSSR count). The van der Waals surface area contributed by atoms with Crippen LogP contribution in [0, 0.1) is 12.7 Å². The van der Waals surface area contributed by atoms with Crippen molar-refractivity contribution in [3.8, 4) is 0 Å². The molecule has 0 atom stereocenters. The zero-order valence-corrected chi connectivity index (χ0v) is 15.3. The predicted octanol–water partition coefficient (Wildman–Crippen LogP) is 2.62. The Morgan fingerprint density at radius 3 is 2.50 bits per heavy atom. The van der Waals surface area contributed by atoms with Gasteiger partial charge in [-0.05, 0) is 19.1 Å². The third-order valence-electron chi connectivity index (χ3n) is 4.53. The number of anilines is 3. The van der Waals surface area contributed by atoms with Gasteiger partial charge in [-0.25, -0.2) is 14.4 Å². The number of piperazine rings is 1. The summed E-state index contributed by atoms with van der Waals surface area (Å²) in [5.74, 6) is 1.11. The molecule has 1 fully saturated rings. The van der Waals surface area contributed by atoms with Crippen molar-refractivity contribution >= 4 is 23.4 Å². The monoisotopic (exact) mass is 382 g/mol. The van der Waals surface area contributed by atoms with Gasteiger partial charge >= 0.3 is 0 Å². The van der Waals surface area contributed by atoms with Crippen molar-refractivity contribution < 1.29 is 13.7 Å². The highest BCUT2D eigenvalue weighted by molar-refractivity contribution is 5.93. The number of nitrogens with zero attached hydrogens (tertiary/aromatic N) is 5. The molecular formula is C19H19FN6O2. The molecule has 0 spiro atoms. The number of rotatable bonds is 4. The average Bonchev–Trinajstić information content (AvgIpc) is 3.13. The normalized spacial score (nSPS) is 14.2. The zero-order valence-electron chi connectivity index (χ0n) is 15.3. The minimum Gasteiger partial charge on any atom is -0.366 e. The summed E-state index contributed by atoms with van der Waals surface area (Å²) in [5.41, 5.74) is 0.970. The third-order valence-corrected chi connectivity index (χ3v) is 4.53. The molecule has 1 amide bonds. The number of hydrogen-bond acceptors (Lipinski definition) is 7. The first-order chi connectivity index (χ1) is 13.6. The highest BCUT2D eigenvalue weighted by Crippen LogP contribution is 2.21. The summed E-state index contributed by atoms with van der Waals surface area (Å²) in [6.07, 6.45) is 2.96. The van der Waals surface area contributed by atoms with Crippen molar-refractivity contribution in [2.24, 2.45) is 0 Å². The van der Waals surface area contributed by atoms with Crippen molar-refractivity contribution in [2.45, 2.75) is 6.92 Å². The maximum Gasteiger partial charge on any atom is 0.257 e. The summed E-state index contributed by atoms with van der Waals surface area (Å²) < 4.78 is 18.9. The molecular weight excluding hydrogens is 363 g/mol. The topological polar surface area (TPSA) is 87.4 Å². The van der Waals surface area contributed by atoms with Crippen molar-refractivity contribution in [3.05, 3.63) is 59.9 Å². The van der Waals surface area contributed by atoms with Crippen LogP contribution in [0.5, 0.6) is 0 Å². The highest BCUT2D eigenvalue weighted by atomic mass is 19.1. The van der Waals surface area contributed by atoms with Crippen LogP contribution in [0.2, 0.25) is 0 Å². The molecule has 0 bridgehead atoms. The van der Waals surface area contributed by atoms with Gasteiger partial charge < -0.3 is 19.6 Å². The Balaban J connectivity index is 1.36. The summed E-state index contributed by atoms with van der Waals surface area (Å²) in [7, 11) is 0. The summed E-state index contributed by atoms with van der Waals surface area (Å²) >= 11 is 0. The molecule has 1 aromatic carbocycles. The number of aryl methyl sites for hydroxylation is 1.